The first-order valence-corrected chi connectivity index (χ1v) is 9.85. The first-order chi connectivity index (χ1) is 12.7. The highest BCUT2D eigenvalue weighted by Crippen LogP contribution is 2.19. The third-order valence-electron chi connectivity index (χ3n) is 3.80. The third kappa shape index (κ3) is 7.31. The van der Waals surface area contributed by atoms with Crippen molar-refractivity contribution in [2.45, 2.75) is 37.1 Å². The maximum atomic E-state index is 12.1. The lowest BCUT2D eigenvalue weighted by molar-refractivity contribution is -0.148. The van der Waals surface area contributed by atoms with Gasteiger partial charge in [-0.15, -0.1) is 11.8 Å². The number of nitrogens with one attached hydrogen (secondary N) is 1. The van der Waals surface area contributed by atoms with E-state index in [1.165, 1.54) is 0 Å². The zero-order valence-corrected chi connectivity index (χ0v) is 15.8. The molecular formula is C21H25NO3S. The van der Waals surface area contributed by atoms with Crippen molar-refractivity contribution in [1.29, 1.82) is 0 Å². The van der Waals surface area contributed by atoms with Crippen molar-refractivity contribution in [1.82, 2.24) is 5.32 Å². The van der Waals surface area contributed by atoms with Gasteiger partial charge in [0.2, 0.25) is 0 Å². The summed E-state index contributed by atoms with van der Waals surface area (Å²) in [5, 5.41) is 2.95. The fraction of sp³-hybridized carbons (Fsp3) is 0.333. The molecule has 1 atom stereocenters. The number of carbonyl (C=O) groups excluding carboxylic acids is 2. The second-order valence-electron chi connectivity index (χ2n) is 5.89. The second-order valence-corrected chi connectivity index (χ2v) is 7.06. The molecule has 0 fully saturated rings. The van der Waals surface area contributed by atoms with Crippen LogP contribution in [0.3, 0.4) is 0 Å². The highest BCUT2D eigenvalue weighted by molar-refractivity contribution is 7.99. The van der Waals surface area contributed by atoms with Crippen LogP contribution in [0.15, 0.2) is 65.6 Å². The van der Waals surface area contributed by atoms with Gasteiger partial charge < -0.3 is 10.1 Å². The van der Waals surface area contributed by atoms with Crippen molar-refractivity contribution in [3.63, 3.8) is 0 Å². The third-order valence-corrected chi connectivity index (χ3v) is 4.81. The molecule has 1 unspecified atom stereocenters. The molecule has 0 aliphatic heterocycles. The van der Waals surface area contributed by atoms with E-state index >= 15 is 0 Å². The van der Waals surface area contributed by atoms with E-state index in [1.807, 2.05) is 60.7 Å². The summed E-state index contributed by atoms with van der Waals surface area (Å²) in [6.07, 6.45) is 2.08. The fourth-order valence-corrected chi connectivity index (χ4v) is 3.37. The summed E-state index contributed by atoms with van der Waals surface area (Å²) in [6, 6.07) is 19.7. The van der Waals surface area contributed by atoms with Gasteiger partial charge in [-0.05, 0) is 24.1 Å². The molecule has 0 bridgehead atoms. The topological polar surface area (TPSA) is 55.4 Å². The molecule has 0 saturated heterocycles. The lowest BCUT2D eigenvalue weighted by Gasteiger charge is -2.18. The van der Waals surface area contributed by atoms with Crippen LogP contribution >= 0.6 is 11.8 Å². The van der Waals surface area contributed by atoms with Gasteiger partial charge in [-0.3, -0.25) is 9.59 Å². The summed E-state index contributed by atoms with van der Waals surface area (Å²) in [7, 11) is 0. The lowest BCUT2D eigenvalue weighted by Crippen LogP contribution is -2.32. The molecule has 0 spiro atoms. The molecule has 1 N–H and O–H groups in total. The second kappa shape index (κ2) is 11.4. The van der Waals surface area contributed by atoms with Crippen molar-refractivity contribution < 1.29 is 14.3 Å². The van der Waals surface area contributed by atoms with E-state index in [2.05, 4.69) is 12.2 Å². The molecule has 0 radical (unpaired) electrons. The molecule has 26 heavy (non-hydrogen) atoms. The summed E-state index contributed by atoms with van der Waals surface area (Å²) >= 11 is 1.60. The molecule has 2 aromatic carbocycles. The molecule has 2 rings (SSSR count). The normalized spacial score (nSPS) is 11.6. The number of hydrogen-bond donors (Lipinski definition) is 1. The SMILES string of the molecule is CCCC(NC(=O)COC(=O)CCSc1ccccc1)c1ccccc1. The average Bonchev–Trinajstić information content (AvgIpc) is 2.67. The molecule has 0 aliphatic carbocycles. The van der Waals surface area contributed by atoms with Crippen molar-refractivity contribution >= 4 is 23.6 Å². The molecule has 2 aromatic rings. The molecule has 4 nitrogen and oxygen atoms in total. The van der Waals surface area contributed by atoms with E-state index in [9.17, 15) is 9.59 Å². The number of amides is 1. The van der Waals surface area contributed by atoms with E-state index in [0.717, 1.165) is 23.3 Å². The van der Waals surface area contributed by atoms with Gasteiger partial charge in [0.25, 0.3) is 5.91 Å². The van der Waals surface area contributed by atoms with E-state index in [1.54, 1.807) is 11.8 Å². The standard InChI is InChI=1S/C21H25NO3S/c1-2-9-19(17-10-5-3-6-11-17)22-20(23)16-25-21(24)14-15-26-18-12-7-4-8-13-18/h3-8,10-13,19H,2,9,14-16H2,1H3,(H,22,23). The summed E-state index contributed by atoms with van der Waals surface area (Å²) in [5.41, 5.74) is 1.06. The van der Waals surface area contributed by atoms with E-state index in [4.69, 9.17) is 4.74 Å². The highest BCUT2D eigenvalue weighted by Gasteiger charge is 2.15. The monoisotopic (exact) mass is 371 g/mol. The smallest absolute Gasteiger partial charge is 0.307 e. The van der Waals surface area contributed by atoms with Gasteiger partial charge in [0.15, 0.2) is 6.61 Å². The van der Waals surface area contributed by atoms with Gasteiger partial charge in [-0.25, -0.2) is 0 Å². The van der Waals surface area contributed by atoms with E-state index in [0.29, 0.717) is 5.75 Å². The summed E-state index contributed by atoms with van der Waals surface area (Å²) < 4.78 is 5.09. The van der Waals surface area contributed by atoms with Crippen LogP contribution in [-0.4, -0.2) is 24.2 Å². The maximum Gasteiger partial charge on any atom is 0.307 e. The van der Waals surface area contributed by atoms with Crippen LogP contribution < -0.4 is 5.32 Å². The molecule has 0 aliphatic rings. The Morgan fingerprint density at radius 2 is 1.69 bits per heavy atom. The predicted octanol–water partition coefficient (Wildman–Crippen LogP) is 4.37. The number of rotatable bonds is 10. The highest BCUT2D eigenvalue weighted by atomic mass is 32.2. The zero-order chi connectivity index (χ0) is 18.6. The number of hydrogen-bond acceptors (Lipinski definition) is 4. The Hall–Kier alpha value is -2.27. The largest absolute Gasteiger partial charge is 0.456 e. The first kappa shape index (κ1) is 20.0. The van der Waals surface area contributed by atoms with Crippen LogP contribution in [0.1, 0.15) is 37.8 Å². The van der Waals surface area contributed by atoms with Gasteiger partial charge in [0, 0.05) is 10.6 Å². The predicted molar refractivity (Wildman–Crippen MR) is 105 cm³/mol. The molecule has 0 saturated carbocycles. The quantitative estimate of drug-likeness (QED) is 0.498. The van der Waals surface area contributed by atoms with Gasteiger partial charge in [-0.2, -0.15) is 0 Å². The van der Waals surface area contributed by atoms with E-state index in [-0.39, 0.29) is 30.9 Å². The number of benzene rings is 2. The molecular weight excluding hydrogens is 346 g/mol. The maximum absolute atomic E-state index is 12.1. The van der Waals surface area contributed by atoms with Crippen LogP contribution in [0.4, 0.5) is 0 Å². The molecule has 0 aromatic heterocycles. The van der Waals surface area contributed by atoms with Crippen LogP contribution in [0.25, 0.3) is 0 Å². The zero-order valence-electron chi connectivity index (χ0n) is 15.0. The Kier molecular flexibility index (Phi) is 8.76. The van der Waals surface area contributed by atoms with Crippen molar-refractivity contribution in [2.24, 2.45) is 0 Å². The molecule has 138 valence electrons. The minimum Gasteiger partial charge on any atom is -0.456 e. The van der Waals surface area contributed by atoms with Crippen LogP contribution in [-0.2, 0) is 14.3 Å². The molecule has 1 amide bonds. The number of carbonyl (C=O) groups is 2. The number of thioether (sulfide) groups is 1. The Morgan fingerprint density at radius 1 is 1.04 bits per heavy atom. The summed E-state index contributed by atoms with van der Waals surface area (Å²) in [5.74, 6) is 0.0131. The summed E-state index contributed by atoms with van der Waals surface area (Å²) in [6.45, 7) is 1.84. The van der Waals surface area contributed by atoms with Gasteiger partial charge >= 0.3 is 5.97 Å². The lowest BCUT2D eigenvalue weighted by atomic mass is 10.0. The number of esters is 1. The van der Waals surface area contributed by atoms with Crippen molar-refractivity contribution in [3.8, 4) is 0 Å². The van der Waals surface area contributed by atoms with Crippen molar-refractivity contribution in [3.05, 3.63) is 66.2 Å². The van der Waals surface area contributed by atoms with Gasteiger partial charge in [-0.1, -0.05) is 61.9 Å². The Labute approximate surface area is 159 Å². The summed E-state index contributed by atoms with van der Waals surface area (Å²) in [4.78, 5) is 25.0. The van der Waals surface area contributed by atoms with E-state index < -0.39 is 0 Å². The Morgan fingerprint density at radius 3 is 2.35 bits per heavy atom. The first-order valence-electron chi connectivity index (χ1n) is 8.87. The number of ether oxygens (including phenoxy) is 1. The fourth-order valence-electron chi connectivity index (χ4n) is 2.52. The van der Waals surface area contributed by atoms with Crippen molar-refractivity contribution in [2.75, 3.05) is 12.4 Å². The minimum atomic E-state index is -0.352. The van der Waals surface area contributed by atoms with Crippen LogP contribution in [0.2, 0.25) is 0 Å². The minimum absolute atomic E-state index is 0.0546. The Bertz CT molecular complexity index is 676. The van der Waals surface area contributed by atoms with Crippen LogP contribution in [0.5, 0.6) is 0 Å². The van der Waals surface area contributed by atoms with Gasteiger partial charge in [0.05, 0.1) is 12.5 Å². The molecule has 0 heterocycles. The average molecular weight is 372 g/mol. The Balaban J connectivity index is 1.70. The van der Waals surface area contributed by atoms with Gasteiger partial charge in [0.1, 0.15) is 0 Å². The van der Waals surface area contributed by atoms with Crippen LogP contribution in [0, 0.1) is 0 Å². The molecule has 5 heteroatoms.